The number of aromatic hydroxyl groups is 1. The lowest BCUT2D eigenvalue weighted by Gasteiger charge is -2.34. The average Bonchev–Trinajstić information content (AvgIpc) is 1.60. The van der Waals surface area contributed by atoms with Gasteiger partial charge in [0.15, 0.2) is 91.2 Å². The first-order chi connectivity index (χ1) is 59.8. The summed E-state index contributed by atoms with van der Waals surface area (Å²) >= 11 is 0. The number of likely N-dealkylation sites (N-methyl/N-ethyl adjacent to an activating group) is 1. The molecule has 0 spiro atoms. The third kappa shape index (κ3) is 16.4. The van der Waals surface area contributed by atoms with Gasteiger partial charge in [-0.05, 0) is 123 Å². The fourth-order valence-corrected chi connectivity index (χ4v) is 18.2. The van der Waals surface area contributed by atoms with Gasteiger partial charge in [0, 0.05) is 150 Å². The van der Waals surface area contributed by atoms with E-state index in [0.29, 0.717) is 128 Å². The second-order valence-electron chi connectivity index (χ2n) is 34.4. The Kier molecular flexibility index (Phi) is 22.2. The molecule has 650 valence electrons. The first-order valence-electron chi connectivity index (χ1n) is 42.8. The molecule has 18 heterocycles. The first-order valence-corrected chi connectivity index (χ1v) is 44.7. The summed E-state index contributed by atoms with van der Waals surface area (Å²) in [7, 11) is -1.28. The number of nitrogens with zero attached hydrogens (tertiary/aromatic N) is 22. The zero-order chi connectivity index (χ0) is 85.4. The van der Waals surface area contributed by atoms with Crippen LogP contribution < -0.4 is 29.2 Å². The highest BCUT2D eigenvalue weighted by molar-refractivity contribution is 7.92. The van der Waals surface area contributed by atoms with E-state index in [2.05, 4.69) is 141 Å². The van der Waals surface area contributed by atoms with Gasteiger partial charge in [-0.15, -0.1) is 0 Å². The van der Waals surface area contributed by atoms with Gasteiger partial charge in [0.1, 0.15) is 51.5 Å². The molecule has 22 rings (SSSR count). The Morgan fingerprint density at radius 1 is 0.371 bits per heavy atom. The molecular weight excluding hydrogens is 1600 g/mol. The van der Waals surface area contributed by atoms with Crippen LogP contribution in [0.2, 0.25) is 0 Å². The van der Waals surface area contributed by atoms with Gasteiger partial charge in [0.2, 0.25) is 10.0 Å². The fourth-order valence-electron chi connectivity index (χ4n) is 17.7. The second-order valence-corrected chi connectivity index (χ2v) is 36.2. The van der Waals surface area contributed by atoms with Gasteiger partial charge in [0.05, 0.1) is 91.2 Å². The van der Waals surface area contributed by atoms with Crippen LogP contribution in [-0.4, -0.2) is 273 Å². The molecule has 124 heavy (non-hydrogen) atoms. The number of imidazole rings is 4. The number of H-pyrrole nitrogens is 1. The van der Waals surface area contributed by atoms with E-state index in [4.69, 9.17) is 97.7 Å². The zero-order valence-corrected chi connectivity index (χ0v) is 72.7. The lowest BCUT2D eigenvalue weighted by Crippen LogP contribution is -2.44. The number of fused-ring (bicyclic) bond motifs is 13. The monoisotopic (exact) mass is 1710 g/mol. The van der Waals surface area contributed by atoms with Crippen molar-refractivity contribution < 1.29 is 51.4 Å². The molecule has 0 saturated carbocycles. The Labute approximate surface area is 718 Å². The number of hydrogen-bond acceptors (Lipinski definition) is 29. The molecule has 5 saturated heterocycles. The van der Waals surface area contributed by atoms with Crippen molar-refractivity contribution in [2.24, 2.45) is 0 Å². The molecule has 4 aromatic carbocycles. The van der Waals surface area contributed by atoms with Crippen LogP contribution in [0.1, 0.15) is 78.7 Å². The summed E-state index contributed by atoms with van der Waals surface area (Å²) in [5, 5.41) is 11.1. The molecule has 0 bridgehead atoms. The number of para-hydroxylation sites is 1. The van der Waals surface area contributed by atoms with E-state index in [0.717, 1.165) is 215 Å². The number of ether oxygens (including phenoxy) is 8. The molecule has 0 amide bonds. The van der Waals surface area contributed by atoms with Crippen LogP contribution in [0.4, 0.5) is 34.6 Å². The number of phenols is 1. The van der Waals surface area contributed by atoms with Gasteiger partial charge < -0.3 is 95.7 Å². The van der Waals surface area contributed by atoms with Gasteiger partial charge in [-0.25, -0.2) is 68.2 Å². The maximum absolute atomic E-state index is 11.9. The lowest BCUT2D eigenvalue weighted by molar-refractivity contribution is -0.0532. The number of phenolic OH excluding ortho intramolecular Hbond substituents is 1. The highest BCUT2D eigenvalue weighted by Crippen LogP contribution is 2.42. The normalized spacial score (nSPS) is 19.4. The summed E-state index contributed by atoms with van der Waals surface area (Å²) in [4.78, 5) is 76.5. The van der Waals surface area contributed by atoms with E-state index in [9.17, 15) is 13.5 Å². The molecule has 9 aromatic heterocycles. The van der Waals surface area contributed by atoms with Crippen molar-refractivity contribution >= 4 is 100 Å². The minimum absolute atomic E-state index is 0.193. The van der Waals surface area contributed by atoms with Crippen molar-refractivity contribution in [2.75, 3.05) is 200 Å². The van der Waals surface area contributed by atoms with Crippen molar-refractivity contribution in [1.29, 1.82) is 0 Å². The summed E-state index contributed by atoms with van der Waals surface area (Å²) in [6.45, 7) is 37.2. The van der Waals surface area contributed by atoms with Crippen LogP contribution in [0.5, 0.6) is 5.75 Å². The van der Waals surface area contributed by atoms with Gasteiger partial charge in [-0.3, -0.25) is 4.72 Å². The molecule has 36 heteroatoms. The Morgan fingerprint density at radius 2 is 0.742 bits per heavy atom. The van der Waals surface area contributed by atoms with Crippen LogP contribution >= 0.6 is 0 Å². The quantitative estimate of drug-likeness (QED) is 0.108. The molecule has 13 aromatic rings. The molecule has 0 unspecified atom stereocenters. The van der Waals surface area contributed by atoms with Crippen LogP contribution in [0, 0.1) is 0 Å². The molecule has 9 aliphatic heterocycles. The maximum atomic E-state index is 11.9. The smallest absolute Gasteiger partial charge is 0.229 e. The van der Waals surface area contributed by atoms with E-state index < -0.39 is 32.4 Å². The van der Waals surface area contributed by atoms with E-state index in [1.54, 1.807) is 30.3 Å². The SMILES string of the molecule is CC1(C)OCCn2c1nc1c(N3CCOCC3)nc(-c3ccc4[nH]ccc4c3)nc12.CC1(C)OCCn2c1nc1c(N3CCOCC3)nc(-c3cccc(O)c3)nc12.CC1(C)OCCn2c1nc1c(N3CCOCC3)nc(-c3ccccc3NS(C)(=O)=O)nc12.CN1CCN(c2cccc(-c3nc(N4CCOCC4)c4nc5n(c4n3)CCOC5(C)C)c2)CC1. The average molecular weight is 1710 g/mol. The summed E-state index contributed by atoms with van der Waals surface area (Å²) in [6, 6.07) is 31.2. The number of nitrogens with one attached hydrogen (secondary N) is 2. The topological polar surface area (TPSA) is 350 Å². The number of sulfonamides is 1. The second kappa shape index (κ2) is 33.4. The van der Waals surface area contributed by atoms with E-state index >= 15 is 0 Å². The molecule has 0 aliphatic carbocycles. The summed E-state index contributed by atoms with van der Waals surface area (Å²) in [5.41, 5.74) is 10.8. The highest BCUT2D eigenvalue weighted by atomic mass is 32.2. The molecule has 35 nitrogen and oxygen atoms in total. The van der Waals surface area contributed by atoms with Crippen molar-refractivity contribution in [2.45, 2.75) is 104 Å². The highest BCUT2D eigenvalue weighted by Gasteiger charge is 2.40. The van der Waals surface area contributed by atoms with E-state index in [1.807, 2.05) is 52.1 Å². The van der Waals surface area contributed by atoms with Crippen molar-refractivity contribution in [3.63, 3.8) is 0 Å². The number of rotatable bonds is 11. The molecule has 0 radical (unpaired) electrons. The number of aromatic nitrogens is 17. The Hall–Kier alpha value is -11.2. The number of aromatic amines is 1. The van der Waals surface area contributed by atoms with E-state index in [1.165, 1.54) is 5.69 Å². The number of piperazine rings is 1. The number of hydrogen-bond donors (Lipinski definition) is 3. The molecule has 0 atom stereocenters. The Morgan fingerprint density at radius 3 is 1.15 bits per heavy atom. The van der Waals surface area contributed by atoms with Crippen LogP contribution in [0.25, 0.3) is 101 Å². The Bertz CT molecular complexity index is 6270. The predicted octanol–water partition coefficient (Wildman–Crippen LogP) is 9.69. The van der Waals surface area contributed by atoms with Gasteiger partial charge in [-0.2, -0.15) is 0 Å². The van der Waals surface area contributed by atoms with Gasteiger partial charge >= 0.3 is 0 Å². The largest absolute Gasteiger partial charge is 0.508 e. The Balaban J connectivity index is 0.000000109. The van der Waals surface area contributed by atoms with Crippen molar-refractivity contribution in [1.82, 2.24) is 88.0 Å². The van der Waals surface area contributed by atoms with E-state index in [-0.39, 0.29) is 5.75 Å². The van der Waals surface area contributed by atoms with Crippen molar-refractivity contribution in [3.05, 3.63) is 127 Å². The van der Waals surface area contributed by atoms with Crippen LogP contribution in [0.15, 0.2) is 103 Å². The molecule has 3 N–H and O–H groups in total. The van der Waals surface area contributed by atoms with Crippen LogP contribution in [-0.2, 0) is 96.5 Å². The summed E-state index contributed by atoms with van der Waals surface area (Å²) < 4.78 is 81.2. The molecular formula is C88H106N24O11S. The first kappa shape index (κ1) is 82.4. The lowest BCUT2D eigenvalue weighted by atomic mass is 10.1. The van der Waals surface area contributed by atoms with Crippen molar-refractivity contribution in [3.8, 4) is 51.3 Å². The third-order valence-corrected chi connectivity index (χ3v) is 24.8. The fraction of sp³-hybridized carbons (Fsp3) is 0.477. The summed E-state index contributed by atoms with van der Waals surface area (Å²) in [6.07, 6.45) is 3.08. The number of anilines is 6. The summed E-state index contributed by atoms with van der Waals surface area (Å²) in [5.74, 6) is 9.49. The standard InChI is InChI=1S/C25H33N7O2.C22H24N6O2.C21H26N6O4S.C20H23N5O3/c1-25(2)24-26-20-22(31-11-14-33-15-12-31)27-21(28-23(20)32(24)13-16-34-25)18-5-4-6-19(17-18)30-9-7-29(3)8-10-30;1-22(2)21-24-17-19(27-7-10-29-11-8-27)25-18(26-20(17)28(21)9-12-30-22)15-3-4-16-14(13-15)5-6-23-16;1-21(2)20-22-16-18(26-8-11-30-12-9-26)23-17(24-19(16)27(20)10-13-31-21)14-6-4-5-7-15(14)25-32(3,28)29;1-20(2)19-21-15-17(24-6-9-27-10-7-24)22-16(13-4-3-5-14(26)12-13)23-18(15)25(19)8-11-28-20/h4-6,17H,7-16H2,1-3H3;3-6,13,23H,7-12H2,1-2H3;4-7,25H,8-13H2,1-3H3;3-5,12,26H,6-11H2,1-2H3. The number of morpholine rings is 4. The minimum Gasteiger partial charge on any atom is -0.508 e. The predicted molar refractivity (Wildman–Crippen MR) is 473 cm³/mol. The van der Waals surface area contributed by atoms with Gasteiger partial charge in [-0.1, -0.05) is 36.4 Å². The maximum Gasteiger partial charge on any atom is 0.229 e. The molecule has 5 fully saturated rings. The molecule has 9 aliphatic rings. The minimum atomic E-state index is -3.47. The zero-order valence-electron chi connectivity index (χ0n) is 71.9. The van der Waals surface area contributed by atoms with Crippen LogP contribution in [0.3, 0.4) is 0 Å². The third-order valence-electron chi connectivity index (χ3n) is 24.2. The van der Waals surface area contributed by atoms with Gasteiger partial charge in [0.25, 0.3) is 0 Å². The number of benzene rings is 4.